The van der Waals surface area contributed by atoms with E-state index in [0.29, 0.717) is 19.6 Å². The minimum absolute atomic E-state index is 0.000815. The molecule has 1 saturated heterocycles. The van der Waals surface area contributed by atoms with E-state index >= 15 is 0 Å². The third-order valence-corrected chi connectivity index (χ3v) is 6.16. The van der Waals surface area contributed by atoms with Crippen LogP contribution in [0.2, 0.25) is 0 Å². The van der Waals surface area contributed by atoms with Crippen molar-refractivity contribution in [2.24, 2.45) is 0 Å². The molecule has 0 saturated carbocycles. The van der Waals surface area contributed by atoms with Crippen LogP contribution < -0.4 is 10.2 Å². The van der Waals surface area contributed by atoms with Crippen molar-refractivity contribution < 1.29 is 19.1 Å². The average Bonchev–Trinajstić information content (AvgIpc) is 3.32. The molecule has 0 radical (unpaired) electrons. The number of carbonyl (C=O) groups is 2. The molecular weight excluding hydrogens is 420 g/mol. The van der Waals surface area contributed by atoms with Gasteiger partial charge in [0.2, 0.25) is 5.43 Å². The van der Waals surface area contributed by atoms with Crippen LogP contribution in [0.1, 0.15) is 44.9 Å². The van der Waals surface area contributed by atoms with Crippen molar-refractivity contribution in [3.05, 3.63) is 99.5 Å². The summed E-state index contributed by atoms with van der Waals surface area (Å²) >= 11 is 0. The molecule has 2 aliphatic heterocycles. The van der Waals surface area contributed by atoms with Gasteiger partial charge in [-0.05, 0) is 24.5 Å². The van der Waals surface area contributed by atoms with Gasteiger partial charge < -0.3 is 18.9 Å². The topological polar surface area (TPSA) is 77.8 Å². The first-order valence-electron chi connectivity index (χ1n) is 11.0. The molecule has 1 aromatic heterocycles. The summed E-state index contributed by atoms with van der Waals surface area (Å²) in [5, 5.41) is 0. The predicted molar refractivity (Wildman–Crippen MR) is 121 cm³/mol. The summed E-state index contributed by atoms with van der Waals surface area (Å²) in [6.07, 6.45) is 1.59. The van der Waals surface area contributed by atoms with Gasteiger partial charge >= 0.3 is 0 Å². The summed E-state index contributed by atoms with van der Waals surface area (Å²) in [6, 6.07) is 19.0. The standard InChI is InChI=1S/C26H24N2O5/c1-17(29)20-15-28-21(14-18-8-4-2-5-9-18)26-27(12-13-32-26)25(31)22(28)24(23(20)30)33-16-19-10-6-3-7-11-19/h2-11,15,21,26H,12-14,16H2,1H3/t21-,26?/m0/s1. The summed E-state index contributed by atoms with van der Waals surface area (Å²) in [6.45, 7) is 2.32. The van der Waals surface area contributed by atoms with Gasteiger partial charge in [-0.3, -0.25) is 14.4 Å². The first-order chi connectivity index (χ1) is 16.0. The number of benzene rings is 2. The molecule has 2 atom stereocenters. The zero-order valence-corrected chi connectivity index (χ0v) is 18.3. The van der Waals surface area contributed by atoms with Gasteiger partial charge in [-0.15, -0.1) is 0 Å². The Hall–Kier alpha value is -3.71. The molecule has 168 valence electrons. The van der Waals surface area contributed by atoms with E-state index in [2.05, 4.69) is 0 Å². The van der Waals surface area contributed by atoms with Crippen molar-refractivity contribution in [1.29, 1.82) is 0 Å². The molecule has 3 heterocycles. The van der Waals surface area contributed by atoms with Gasteiger partial charge in [-0.1, -0.05) is 60.7 Å². The van der Waals surface area contributed by atoms with Crippen molar-refractivity contribution >= 4 is 11.7 Å². The third kappa shape index (κ3) is 3.85. The molecule has 0 bridgehead atoms. The number of ketones is 1. The van der Waals surface area contributed by atoms with Gasteiger partial charge in [-0.25, -0.2) is 0 Å². The van der Waals surface area contributed by atoms with Gasteiger partial charge in [0.25, 0.3) is 5.91 Å². The normalized spacial score (nSPS) is 19.2. The number of aromatic nitrogens is 1. The number of pyridine rings is 1. The molecule has 2 aromatic carbocycles. The molecule has 2 aliphatic rings. The quantitative estimate of drug-likeness (QED) is 0.546. The van der Waals surface area contributed by atoms with Crippen LogP contribution >= 0.6 is 0 Å². The molecule has 7 nitrogen and oxygen atoms in total. The van der Waals surface area contributed by atoms with Crippen molar-refractivity contribution in [3.8, 4) is 5.75 Å². The van der Waals surface area contributed by atoms with E-state index in [0.717, 1.165) is 11.1 Å². The third-order valence-electron chi connectivity index (χ3n) is 6.16. The van der Waals surface area contributed by atoms with Gasteiger partial charge in [0.15, 0.2) is 23.5 Å². The molecule has 0 aliphatic carbocycles. The highest BCUT2D eigenvalue weighted by Crippen LogP contribution is 2.36. The van der Waals surface area contributed by atoms with E-state index in [1.807, 2.05) is 60.7 Å². The lowest BCUT2D eigenvalue weighted by Crippen LogP contribution is -2.50. The minimum atomic E-state index is -0.560. The van der Waals surface area contributed by atoms with Crippen LogP contribution in [-0.2, 0) is 17.8 Å². The molecule has 0 N–H and O–H groups in total. The Morgan fingerprint density at radius 1 is 1.03 bits per heavy atom. The highest BCUT2D eigenvalue weighted by molar-refractivity contribution is 5.99. The average molecular weight is 444 g/mol. The van der Waals surface area contributed by atoms with E-state index in [9.17, 15) is 14.4 Å². The number of amides is 1. The van der Waals surface area contributed by atoms with Crippen LogP contribution in [0.25, 0.3) is 0 Å². The molecule has 1 unspecified atom stereocenters. The van der Waals surface area contributed by atoms with E-state index in [4.69, 9.17) is 9.47 Å². The molecule has 1 amide bonds. The Bertz CT molecular complexity index is 1250. The Morgan fingerprint density at radius 2 is 1.70 bits per heavy atom. The zero-order chi connectivity index (χ0) is 22.9. The number of rotatable bonds is 6. The van der Waals surface area contributed by atoms with E-state index in [1.54, 1.807) is 9.47 Å². The SMILES string of the molecule is CC(=O)c1cn2c(c(OCc3ccccc3)c1=O)C(=O)N1CCOC1[C@@H]2Cc1ccccc1. The second-order valence-corrected chi connectivity index (χ2v) is 8.30. The molecule has 1 fully saturated rings. The summed E-state index contributed by atoms with van der Waals surface area (Å²) in [5.74, 6) is -0.780. The maximum atomic E-state index is 13.5. The zero-order valence-electron chi connectivity index (χ0n) is 18.3. The van der Waals surface area contributed by atoms with Crippen molar-refractivity contribution in [1.82, 2.24) is 9.47 Å². The van der Waals surface area contributed by atoms with Gasteiger partial charge in [0.1, 0.15) is 6.61 Å². The second kappa shape index (κ2) is 8.67. The molecule has 33 heavy (non-hydrogen) atoms. The molecule has 7 heteroatoms. The number of nitrogens with zero attached hydrogens (tertiary/aromatic N) is 2. The van der Waals surface area contributed by atoms with Crippen LogP contribution in [0.3, 0.4) is 0 Å². The lowest BCUT2D eigenvalue weighted by Gasteiger charge is -2.39. The maximum Gasteiger partial charge on any atom is 0.276 e. The van der Waals surface area contributed by atoms with Gasteiger partial charge in [0.05, 0.1) is 18.2 Å². The lowest BCUT2D eigenvalue weighted by molar-refractivity contribution is -0.0152. The summed E-state index contributed by atoms with van der Waals surface area (Å²) < 4.78 is 13.6. The minimum Gasteiger partial charge on any atom is -0.483 e. The Morgan fingerprint density at radius 3 is 2.36 bits per heavy atom. The number of hydrogen-bond donors (Lipinski definition) is 0. The molecule has 0 spiro atoms. The van der Waals surface area contributed by atoms with Crippen LogP contribution in [0.4, 0.5) is 0 Å². The van der Waals surface area contributed by atoms with Crippen LogP contribution in [0.5, 0.6) is 5.75 Å². The first-order valence-corrected chi connectivity index (χ1v) is 11.0. The number of ether oxygens (including phenoxy) is 2. The van der Waals surface area contributed by atoms with Crippen LogP contribution in [-0.4, -0.2) is 40.5 Å². The fourth-order valence-corrected chi connectivity index (χ4v) is 4.55. The smallest absolute Gasteiger partial charge is 0.276 e. The highest BCUT2D eigenvalue weighted by atomic mass is 16.5. The van der Waals surface area contributed by atoms with Gasteiger partial charge in [-0.2, -0.15) is 0 Å². The highest BCUT2D eigenvalue weighted by Gasteiger charge is 2.45. The van der Waals surface area contributed by atoms with E-state index in [1.165, 1.54) is 13.1 Å². The van der Waals surface area contributed by atoms with E-state index < -0.39 is 11.7 Å². The summed E-state index contributed by atoms with van der Waals surface area (Å²) in [7, 11) is 0. The Balaban J connectivity index is 1.65. The predicted octanol–water partition coefficient (Wildman–Crippen LogP) is 3.23. The maximum absolute atomic E-state index is 13.5. The number of Topliss-reactive ketones (excluding diaryl/α,β-unsaturated/α-hetero) is 1. The second-order valence-electron chi connectivity index (χ2n) is 8.30. The first kappa shape index (κ1) is 21.2. The van der Waals surface area contributed by atoms with Crippen molar-refractivity contribution in [2.45, 2.75) is 32.2 Å². The number of carbonyl (C=O) groups excluding carboxylic acids is 2. The Kier molecular flexibility index (Phi) is 5.56. The summed E-state index contributed by atoms with van der Waals surface area (Å²) in [5.41, 5.74) is 1.53. The van der Waals surface area contributed by atoms with E-state index in [-0.39, 0.29) is 41.3 Å². The number of fused-ring (bicyclic) bond motifs is 2. The van der Waals surface area contributed by atoms with Gasteiger partial charge in [0, 0.05) is 12.7 Å². The van der Waals surface area contributed by atoms with Crippen LogP contribution in [0, 0.1) is 0 Å². The lowest BCUT2D eigenvalue weighted by atomic mass is 9.99. The van der Waals surface area contributed by atoms with Crippen molar-refractivity contribution in [3.63, 3.8) is 0 Å². The fraction of sp³-hybridized carbons (Fsp3) is 0.269. The molecule has 3 aromatic rings. The number of hydrogen-bond acceptors (Lipinski definition) is 5. The molecule has 5 rings (SSSR count). The molecular formula is C26H24N2O5. The largest absolute Gasteiger partial charge is 0.483 e. The Labute approximate surface area is 191 Å². The van der Waals surface area contributed by atoms with Crippen molar-refractivity contribution in [2.75, 3.05) is 13.2 Å². The monoisotopic (exact) mass is 444 g/mol. The fourth-order valence-electron chi connectivity index (χ4n) is 4.55. The summed E-state index contributed by atoms with van der Waals surface area (Å²) in [4.78, 5) is 40.7. The van der Waals surface area contributed by atoms with Crippen LogP contribution in [0.15, 0.2) is 71.7 Å².